The first kappa shape index (κ1) is 14.1. The Morgan fingerprint density at radius 3 is 3.00 bits per heavy atom. The van der Waals surface area contributed by atoms with Gasteiger partial charge in [-0.2, -0.15) is 0 Å². The molecule has 0 saturated carbocycles. The lowest BCUT2D eigenvalue weighted by molar-refractivity contribution is 0.153. The van der Waals surface area contributed by atoms with Crippen LogP contribution < -0.4 is 10.6 Å². The van der Waals surface area contributed by atoms with Gasteiger partial charge < -0.3 is 15.4 Å². The number of hydrogen-bond donors (Lipinski definition) is 1. The van der Waals surface area contributed by atoms with Gasteiger partial charge in [0, 0.05) is 31.1 Å². The quantitative estimate of drug-likeness (QED) is 0.665. The first-order valence-electron chi connectivity index (χ1n) is 6.03. The first-order chi connectivity index (χ1) is 7.83. The molecule has 2 rings (SSSR count). The number of fused-ring (bicyclic) bond motifs is 1. The highest BCUT2D eigenvalue weighted by Crippen LogP contribution is 2.30. The molecule has 0 aliphatic carbocycles. The molecule has 0 unspecified atom stereocenters. The van der Waals surface area contributed by atoms with Gasteiger partial charge in [0.25, 0.3) is 0 Å². The van der Waals surface area contributed by atoms with Crippen LogP contribution in [0.1, 0.15) is 18.9 Å². The van der Waals surface area contributed by atoms with Crippen molar-refractivity contribution in [2.75, 3.05) is 36.9 Å². The molecule has 0 radical (unpaired) electrons. The number of rotatable bonds is 4. The van der Waals surface area contributed by atoms with Gasteiger partial charge in [-0.1, -0.05) is 6.07 Å². The molecule has 3 nitrogen and oxygen atoms in total. The van der Waals surface area contributed by atoms with E-state index < -0.39 is 0 Å². The lowest BCUT2D eigenvalue weighted by Gasteiger charge is -2.31. The molecule has 0 fully saturated rings. The smallest absolute Gasteiger partial charge is 0.0641 e. The molecule has 2 N–H and O–H groups in total. The number of halogens is 1. The maximum absolute atomic E-state index is 6.00. The Morgan fingerprint density at radius 1 is 1.41 bits per heavy atom. The van der Waals surface area contributed by atoms with E-state index >= 15 is 0 Å². The molecule has 0 amide bonds. The predicted octanol–water partition coefficient (Wildman–Crippen LogP) is 2.48. The van der Waals surface area contributed by atoms with Gasteiger partial charge in [0.1, 0.15) is 0 Å². The van der Waals surface area contributed by atoms with Crippen molar-refractivity contribution in [1.82, 2.24) is 0 Å². The number of nitrogen functional groups attached to an aromatic ring is 1. The van der Waals surface area contributed by atoms with Crippen LogP contribution in [-0.2, 0) is 11.2 Å². The summed E-state index contributed by atoms with van der Waals surface area (Å²) in [7, 11) is 0. The fourth-order valence-corrected chi connectivity index (χ4v) is 2.28. The van der Waals surface area contributed by atoms with Crippen LogP contribution >= 0.6 is 12.4 Å². The van der Waals surface area contributed by atoms with Crippen LogP contribution in [0.15, 0.2) is 18.2 Å². The van der Waals surface area contributed by atoms with E-state index in [-0.39, 0.29) is 12.4 Å². The van der Waals surface area contributed by atoms with Crippen LogP contribution in [0.4, 0.5) is 11.4 Å². The van der Waals surface area contributed by atoms with Gasteiger partial charge in [0.15, 0.2) is 0 Å². The second-order valence-corrected chi connectivity index (χ2v) is 4.13. The average Bonchev–Trinajstić information content (AvgIpc) is 2.31. The molecule has 17 heavy (non-hydrogen) atoms. The Hall–Kier alpha value is -0.930. The molecule has 0 bridgehead atoms. The van der Waals surface area contributed by atoms with Gasteiger partial charge in [-0.05, 0) is 37.5 Å². The summed E-state index contributed by atoms with van der Waals surface area (Å²) in [5.41, 5.74) is 9.54. The second kappa shape index (κ2) is 6.72. The van der Waals surface area contributed by atoms with Crippen LogP contribution in [-0.4, -0.2) is 26.3 Å². The van der Waals surface area contributed by atoms with Crippen molar-refractivity contribution in [3.8, 4) is 0 Å². The van der Waals surface area contributed by atoms with Crippen molar-refractivity contribution in [3.05, 3.63) is 23.8 Å². The number of nitrogens with zero attached hydrogens (tertiary/aromatic N) is 1. The van der Waals surface area contributed by atoms with E-state index in [1.165, 1.54) is 17.7 Å². The average molecular weight is 257 g/mol. The molecule has 1 aliphatic rings. The van der Waals surface area contributed by atoms with Crippen molar-refractivity contribution >= 4 is 23.8 Å². The Kier molecular flexibility index (Phi) is 5.59. The number of ether oxygens (including phenoxy) is 1. The number of nitrogens with two attached hydrogens (primary N) is 1. The number of benzene rings is 1. The highest BCUT2D eigenvalue weighted by atomic mass is 35.5. The molecule has 4 heteroatoms. The molecule has 0 aromatic heterocycles. The second-order valence-electron chi connectivity index (χ2n) is 4.13. The third-order valence-electron chi connectivity index (χ3n) is 3.09. The summed E-state index contributed by atoms with van der Waals surface area (Å²) in [6.45, 7) is 5.69. The monoisotopic (exact) mass is 256 g/mol. The Labute approximate surface area is 109 Å². The maximum Gasteiger partial charge on any atom is 0.0641 e. The van der Waals surface area contributed by atoms with E-state index in [9.17, 15) is 0 Å². The third-order valence-corrected chi connectivity index (χ3v) is 3.09. The highest BCUT2D eigenvalue weighted by Gasteiger charge is 2.17. The minimum atomic E-state index is 0. The summed E-state index contributed by atoms with van der Waals surface area (Å²) < 4.78 is 5.41. The molecular formula is C13H21ClN2O. The summed E-state index contributed by atoms with van der Waals surface area (Å²) >= 11 is 0. The van der Waals surface area contributed by atoms with E-state index in [1.54, 1.807) is 0 Å². The first-order valence-corrected chi connectivity index (χ1v) is 6.03. The minimum Gasteiger partial charge on any atom is -0.398 e. The maximum atomic E-state index is 6.00. The van der Waals surface area contributed by atoms with Gasteiger partial charge in [-0.3, -0.25) is 0 Å². The standard InChI is InChI=1S/C13H20N2O.ClH/c1-2-16-10-9-15-8-4-5-11-12(14)6-3-7-13(11)15;/h3,6-7H,2,4-5,8-10,14H2,1H3;1H. The summed E-state index contributed by atoms with van der Waals surface area (Å²) in [5.74, 6) is 0. The van der Waals surface area contributed by atoms with Crippen molar-refractivity contribution in [2.24, 2.45) is 0 Å². The van der Waals surface area contributed by atoms with Crippen molar-refractivity contribution < 1.29 is 4.74 Å². The SMILES string of the molecule is CCOCCN1CCCc2c(N)cccc21.Cl. The zero-order valence-corrected chi connectivity index (χ0v) is 11.1. The van der Waals surface area contributed by atoms with E-state index in [0.717, 1.165) is 38.4 Å². The summed E-state index contributed by atoms with van der Waals surface area (Å²) in [6.07, 6.45) is 2.29. The zero-order valence-electron chi connectivity index (χ0n) is 10.3. The van der Waals surface area contributed by atoms with E-state index in [0.29, 0.717) is 0 Å². The summed E-state index contributed by atoms with van der Waals surface area (Å²) in [6, 6.07) is 6.19. The molecule has 1 aliphatic heterocycles. The molecule has 0 atom stereocenters. The Balaban J connectivity index is 0.00000144. The fourth-order valence-electron chi connectivity index (χ4n) is 2.28. The van der Waals surface area contributed by atoms with Crippen LogP contribution in [0, 0.1) is 0 Å². The van der Waals surface area contributed by atoms with Crippen molar-refractivity contribution in [1.29, 1.82) is 0 Å². The normalized spacial score (nSPS) is 14.1. The molecular weight excluding hydrogens is 236 g/mol. The minimum absolute atomic E-state index is 0. The summed E-state index contributed by atoms with van der Waals surface area (Å²) in [4.78, 5) is 2.38. The molecule has 1 aromatic rings. The van der Waals surface area contributed by atoms with E-state index in [4.69, 9.17) is 10.5 Å². The fraction of sp³-hybridized carbons (Fsp3) is 0.538. The van der Waals surface area contributed by atoms with Gasteiger partial charge >= 0.3 is 0 Å². The van der Waals surface area contributed by atoms with Crippen LogP contribution in [0.3, 0.4) is 0 Å². The molecule has 1 heterocycles. The van der Waals surface area contributed by atoms with Crippen molar-refractivity contribution in [3.63, 3.8) is 0 Å². The van der Waals surface area contributed by atoms with Crippen LogP contribution in [0.25, 0.3) is 0 Å². The van der Waals surface area contributed by atoms with Crippen LogP contribution in [0.5, 0.6) is 0 Å². The van der Waals surface area contributed by atoms with E-state index in [1.807, 2.05) is 19.1 Å². The number of hydrogen-bond acceptors (Lipinski definition) is 3. The molecule has 0 saturated heterocycles. The summed E-state index contributed by atoms with van der Waals surface area (Å²) in [5, 5.41) is 0. The zero-order chi connectivity index (χ0) is 11.4. The van der Waals surface area contributed by atoms with Crippen molar-refractivity contribution in [2.45, 2.75) is 19.8 Å². The van der Waals surface area contributed by atoms with E-state index in [2.05, 4.69) is 11.0 Å². The molecule has 1 aromatic carbocycles. The highest BCUT2D eigenvalue weighted by molar-refractivity contribution is 5.85. The Morgan fingerprint density at radius 2 is 2.24 bits per heavy atom. The molecule has 96 valence electrons. The topological polar surface area (TPSA) is 38.5 Å². The van der Waals surface area contributed by atoms with Gasteiger partial charge in [0.2, 0.25) is 0 Å². The van der Waals surface area contributed by atoms with Gasteiger partial charge in [-0.25, -0.2) is 0 Å². The molecule has 0 spiro atoms. The van der Waals surface area contributed by atoms with Crippen LogP contribution in [0.2, 0.25) is 0 Å². The lowest BCUT2D eigenvalue weighted by Crippen LogP contribution is -2.32. The largest absolute Gasteiger partial charge is 0.398 e. The van der Waals surface area contributed by atoms with Gasteiger partial charge in [0.05, 0.1) is 6.61 Å². The predicted molar refractivity (Wildman–Crippen MR) is 75.1 cm³/mol. The Bertz CT molecular complexity index is 357. The third kappa shape index (κ3) is 3.27. The lowest BCUT2D eigenvalue weighted by atomic mass is 10.00. The number of anilines is 2. The van der Waals surface area contributed by atoms with Gasteiger partial charge in [-0.15, -0.1) is 12.4 Å².